The number of amides is 1. The van der Waals surface area contributed by atoms with Crippen LogP contribution in [0.2, 0.25) is 0 Å². The fourth-order valence-corrected chi connectivity index (χ4v) is 3.00. The normalized spacial score (nSPS) is 12.1. The summed E-state index contributed by atoms with van der Waals surface area (Å²) in [6.07, 6.45) is 1.32. The summed E-state index contributed by atoms with van der Waals surface area (Å²) in [5, 5.41) is 3.22. The van der Waals surface area contributed by atoms with E-state index in [1.807, 2.05) is 24.3 Å². The molecule has 0 aromatic heterocycles. The molecule has 0 aliphatic heterocycles. The van der Waals surface area contributed by atoms with E-state index in [1.54, 1.807) is 7.11 Å². The summed E-state index contributed by atoms with van der Waals surface area (Å²) in [5.41, 5.74) is 4.55. The molecule has 0 fully saturated rings. The highest BCUT2D eigenvalue weighted by atomic mass is 16.5. The van der Waals surface area contributed by atoms with E-state index in [2.05, 4.69) is 51.2 Å². The summed E-state index contributed by atoms with van der Waals surface area (Å²) in [6.45, 7) is 8.46. The summed E-state index contributed by atoms with van der Waals surface area (Å²) < 4.78 is 5.23. The van der Waals surface area contributed by atoms with Crippen LogP contribution in [0.25, 0.3) is 0 Å². The van der Waals surface area contributed by atoms with Crippen molar-refractivity contribution in [3.63, 3.8) is 0 Å². The number of methoxy groups -OCH3 is 1. The highest BCUT2D eigenvalue weighted by Crippen LogP contribution is 2.24. The maximum Gasteiger partial charge on any atom is 0.224 e. The predicted octanol–water partition coefficient (Wildman–Crippen LogP) is 4.76. The first-order valence-electron chi connectivity index (χ1n) is 8.88. The average molecular weight is 339 g/mol. The van der Waals surface area contributed by atoms with Gasteiger partial charge in [-0.1, -0.05) is 49.7 Å². The fraction of sp³-hybridized carbons (Fsp3) is 0.409. The van der Waals surface area contributed by atoms with Crippen molar-refractivity contribution in [1.29, 1.82) is 0 Å². The van der Waals surface area contributed by atoms with Crippen molar-refractivity contribution in [2.45, 2.75) is 46.6 Å². The number of hydrogen-bond donors (Lipinski definition) is 1. The largest absolute Gasteiger partial charge is 0.497 e. The lowest BCUT2D eigenvalue weighted by Crippen LogP contribution is -2.31. The Balaban J connectivity index is 2.12. The molecule has 1 amide bonds. The van der Waals surface area contributed by atoms with Crippen LogP contribution in [0, 0.1) is 19.8 Å². The van der Waals surface area contributed by atoms with Gasteiger partial charge in [0.15, 0.2) is 0 Å². The Kier molecular flexibility index (Phi) is 6.63. The molecule has 0 heterocycles. The first kappa shape index (κ1) is 19.0. The van der Waals surface area contributed by atoms with E-state index in [0.29, 0.717) is 12.3 Å². The fourth-order valence-electron chi connectivity index (χ4n) is 3.00. The summed E-state index contributed by atoms with van der Waals surface area (Å²) in [6, 6.07) is 14.2. The van der Waals surface area contributed by atoms with Crippen molar-refractivity contribution in [3.8, 4) is 5.75 Å². The number of ether oxygens (including phenoxy) is 1. The summed E-state index contributed by atoms with van der Waals surface area (Å²) in [5.74, 6) is 1.39. The molecule has 0 spiro atoms. The topological polar surface area (TPSA) is 38.3 Å². The lowest BCUT2D eigenvalue weighted by molar-refractivity contribution is -0.121. The summed E-state index contributed by atoms with van der Waals surface area (Å²) in [7, 11) is 1.66. The standard InChI is InChI=1S/C22H29NO2/c1-15(2)12-21(18-8-10-20(25-5)11-9-18)23-22(24)14-19-13-16(3)6-7-17(19)4/h6-11,13,15,21H,12,14H2,1-5H3,(H,23,24). The van der Waals surface area contributed by atoms with Gasteiger partial charge in [-0.3, -0.25) is 4.79 Å². The molecule has 2 rings (SSSR count). The van der Waals surface area contributed by atoms with Crippen LogP contribution in [0.5, 0.6) is 5.75 Å². The number of aryl methyl sites for hydroxylation is 2. The van der Waals surface area contributed by atoms with E-state index in [0.717, 1.165) is 28.9 Å². The SMILES string of the molecule is COc1ccc(C(CC(C)C)NC(=O)Cc2cc(C)ccc2C)cc1. The second-order valence-electron chi connectivity index (χ2n) is 7.13. The van der Waals surface area contributed by atoms with Gasteiger partial charge in [-0.05, 0) is 55.0 Å². The molecule has 1 unspecified atom stereocenters. The van der Waals surface area contributed by atoms with Gasteiger partial charge in [0.1, 0.15) is 5.75 Å². The molecule has 3 nitrogen and oxygen atoms in total. The van der Waals surface area contributed by atoms with Gasteiger partial charge in [0.25, 0.3) is 0 Å². The first-order valence-corrected chi connectivity index (χ1v) is 8.88. The quantitative estimate of drug-likeness (QED) is 0.790. The minimum absolute atomic E-state index is 0.0171. The maximum atomic E-state index is 12.6. The van der Waals surface area contributed by atoms with Crippen molar-refractivity contribution in [1.82, 2.24) is 5.32 Å². The van der Waals surface area contributed by atoms with Gasteiger partial charge in [0, 0.05) is 0 Å². The molecule has 1 N–H and O–H groups in total. The van der Waals surface area contributed by atoms with E-state index in [4.69, 9.17) is 4.74 Å². The number of rotatable bonds is 7. The van der Waals surface area contributed by atoms with Crippen LogP contribution in [0.4, 0.5) is 0 Å². The van der Waals surface area contributed by atoms with Gasteiger partial charge in [0.2, 0.25) is 5.91 Å². The molecular weight excluding hydrogens is 310 g/mol. The minimum Gasteiger partial charge on any atom is -0.497 e. The first-order chi connectivity index (χ1) is 11.9. The van der Waals surface area contributed by atoms with Crippen LogP contribution in [0.3, 0.4) is 0 Å². The third-order valence-electron chi connectivity index (χ3n) is 4.42. The number of nitrogens with one attached hydrogen (secondary N) is 1. The molecule has 1 atom stereocenters. The van der Waals surface area contributed by atoms with Crippen molar-refractivity contribution in [2.24, 2.45) is 5.92 Å². The van der Waals surface area contributed by atoms with Crippen LogP contribution in [-0.2, 0) is 11.2 Å². The third-order valence-corrected chi connectivity index (χ3v) is 4.42. The van der Waals surface area contributed by atoms with Gasteiger partial charge in [-0.25, -0.2) is 0 Å². The Bertz CT molecular complexity index is 704. The lowest BCUT2D eigenvalue weighted by atomic mass is 9.96. The Labute approximate surface area is 151 Å². The van der Waals surface area contributed by atoms with Crippen LogP contribution in [0.15, 0.2) is 42.5 Å². The number of hydrogen-bond acceptors (Lipinski definition) is 2. The molecule has 0 bridgehead atoms. The van der Waals surface area contributed by atoms with E-state index in [1.165, 1.54) is 5.56 Å². The molecule has 3 heteroatoms. The molecule has 2 aromatic rings. The highest BCUT2D eigenvalue weighted by molar-refractivity contribution is 5.79. The van der Waals surface area contributed by atoms with Gasteiger partial charge >= 0.3 is 0 Å². The van der Waals surface area contributed by atoms with Crippen molar-refractivity contribution in [2.75, 3.05) is 7.11 Å². The smallest absolute Gasteiger partial charge is 0.224 e. The predicted molar refractivity (Wildman–Crippen MR) is 103 cm³/mol. The number of benzene rings is 2. The second kappa shape index (κ2) is 8.70. The van der Waals surface area contributed by atoms with Crippen LogP contribution < -0.4 is 10.1 Å². The van der Waals surface area contributed by atoms with Crippen molar-refractivity contribution < 1.29 is 9.53 Å². The maximum absolute atomic E-state index is 12.6. The van der Waals surface area contributed by atoms with Crippen LogP contribution >= 0.6 is 0 Å². The zero-order valence-electron chi connectivity index (χ0n) is 15.9. The summed E-state index contributed by atoms with van der Waals surface area (Å²) in [4.78, 5) is 12.6. The molecular formula is C22H29NO2. The minimum atomic E-state index is 0.0171. The molecule has 0 saturated heterocycles. The van der Waals surface area contributed by atoms with E-state index in [-0.39, 0.29) is 11.9 Å². The summed E-state index contributed by atoms with van der Waals surface area (Å²) >= 11 is 0. The number of carbonyl (C=O) groups is 1. The van der Waals surface area contributed by atoms with Gasteiger partial charge in [-0.15, -0.1) is 0 Å². The zero-order chi connectivity index (χ0) is 18.4. The Morgan fingerprint density at radius 1 is 1.08 bits per heavy atom. The van der Waals surface area contributed by atoms with Gasteiger partial charge in [0.05, 0.1) is 19.6 Å². The second-order valence-corrected chi connectivity index (χ2v) is 7.13. The lowest BCUT2D eigenvalue weighted by Gasteiger charge is -2.22. The molecule has 134 valence electrons. The zero-order valence-corrected chi connectivity index (χ0v) is 15.9. The van der Waals surface area contributed by atoms with Crippen LogP contribution in [0.1, 0.15) is 48.6 Å². The van der Waals surface area contributed by atoms with Crippen molar-refractivity contribution >= 4 is 5.91 Å². The average Bonchev–Trinajstić information content (AvgIpc) is 2.57. The highest BCUT2D eigenvalue weighted by Gasteiger charge is 2.17. The number of carbonyl (C=O) groups excluding carboxylic acids is 1. The van der Waals surface area contributed by atoms with Gasteiger partial charge < -0.3 is 10.1 Å². The monoisotopic (exact) mass is 339 g/mol. The van der Waals surface area contributed by atoms with E-state index in [9.17, 15) is 4.79 Å². The van der Waals surface area contributed by atoms with Gasteiger partial charge in [-0.2, -0.15) is 0 Å². The Morgan fingerprint density at radius 3 is 2.36 bits per heavy atom. The molecule has 0 aliphatic rings. The Hall–Kier alpha value is -2.29. The molecule has 2 aromatic carbocycles. The molecule has 0 aliphatic carbocycles. The van der Waals surface area contributed by atoms with E-state index >= 15 is 0 Å². The van der Waals surface area contributed by atoms with Crippen LogP contribution in [-0.4, -0.2) is 13.0 Å². The van der Waals surface area contributed by atoms with Crippen molar-refractivity contribution in [3.05, 3.63) is 64.7 Å². The Morgan fingerprint density at radius 2 is 1.76 bits per heavy atom. The molecule has 0 saturated carbocycles. The molecule has 0 radical (unpaired) electrons. The molecule has 25 heavy (non-hydrogen) atoms. The van der Waals surface area contributed by atoms with E-state index < -0.39 is 0 Å². The third kappa shape index (κ3) is 5.63.